The van der Waals surface area contributed by atoms with E-state index in [2.05, 4.69) is 15.1 Å². The van der Waals surface area contributed by atoms with Gasteiger partial charge in [-0.3, -0.25) is 14.5 Å². The van der Waals surface area contributed by atoms with E-state index in [0.29, 0.717) is 22.7 Å². The van der Waals surface area contributed by atoms with Crippen molar-refractivity contribution in [1.29, 1.82) is 0 Å². The summed E-state index contributed by atoms with van der Waals surface area (Å²) in [5.41, 5.74) is 0.419. The van der Waals surface area contributed by atoms with Gasteiger partial charge < -0.3 is 15.1 Å². The van der Waals surface area contributed by atoms with Crippen molar-refractivity contribution in [1.82, 2.24) is 15.1 Å². The first kappa shape index (κ1) is 30.4. The fourth-order valence-electron chi connectivity index (χ4n) is 5.94. The van der Waals surface area contributed by atoms with Crippen LogP contribution in [0.25, 0.3) is 6.08 Å². The van der Waals surface area contributed by atoms with E-state index in [1.807, 2.05) is 6.07 Å². The molecule has 2 aromatic carbocycles. The minimum absolute atomic E-state index is 0.0301. The summed E-state index contributed by atoms with van der Waals surface area (Å²) in [6.07, 6.45) is 1.78. The summed E-state index contributed by atoms with van der Waals surface area (Å²) < 4.78 is 53.0. The zero-order chi connectivity index (χ0) is 29.7. The lowest BCUT2D eigenvalue weighted by Crippen LogP contribution is -2.54. The van der Waals surface area contributed by atoms with Gasteiger partial charge in [0.25, 0.3) is 5.91 Å². The van der Waals surface area contributed by atoms with Crippen LogP contribution in [0.2, 0.25) is 0 Å². The van der Waals surface area contributed by atoms with Gasteiger partial charge in [-0.2, -0.15) is 13.2 Å². The van der Waals surface area contributed by atoms with Crippen LogP contribution in [0.5, 0.6) is 0 Å². The number of hydrogen-bond acceptors (Lipinski definition) is 5. The molecular formula is C31H36F4N4O2S. The molecule has 0 spiro atoms. The molecule has 2 heterocycles. The quantitative estimate of drug-likeness (QED) is 0.249. The number of amides is 2. The number of carbonyl (C=O) groups excluding carboxylic acids is 2. The Bertz CT molecular complexity index is 1280. The number of hydrogen-bond donors (Lipinski definition) is 1. The Kier molecular flexibility index (Phi) is 9.77. The number of carbonyl (C=O) groups is 2. The van der Waals surface area contributed by atoms with Crippen LogP contribution < -0.4 is 10.2 Å². The van der Waals surface area contributed by atoms with E-state index in [9.17, 15) is 27.2 Å². The van der Waals surface area contributed by atoms with Gasteiger partial charge in [-0.15, -0.1) is 11.8 Å². The van der Waals surface area contributed by atoms with Gasteiger partial charge in [-0.25, -0.2) is 4.39 Å². The molecule has 1 aliphatic carbocycles. The normalized spacial score (nSPS) is 22.8. The van der Waals surface area contributed by atoms with Crippen LogP contribution in [0.15, 0.2) is 53.4 Å². The van der Waals surface area contributed by atoms with E-state index in [-0.39, 0.29) is 35.5 Å². The maximum atomic E-state index is 14.1. The summed E-state index contributed by atoms with van der Waals surface area (Å²) >= 11 is 1.48. The number of nitrogens with one attached hydrogen (secondary N) is 1. The first-order valence-electron chi connectivity index (χ1n) is 14.5. The van der Waals surface area contributed by atoms with Crippen LogP contribution in [0.1, 0.15) is 43.2 Å². The van der Waals surface area contributed by atoms with E-state index in [1.165, 1.54) is 30.0 Å². The molecule has 2 unspecified atom stereocenters. The first-order valence-corrected chi connectivity index (χ1v) is 15.4. The van der Waals surface area contributed by atoms with Crippen LogP contribution in [0.4, 0.5) is 23.2 Å². The van der Waals surface area contributed by atoms with Crippen molar-refractivity contribution in [3.63, 3.8) is 0 Å². The molecular weight excluding hydrogens is 568 g/mol. The average molecular weight is 605 g/mol. The fourth-order valence-corrected chi connectivity index (χ4v) is 7.42. The molecule has 6 nitrogen and oxygen atoms in total. The second-order valence-electron chi connectivity index (χ2n) is 11.1. The molecule has 3 fully saturated rings. The number of fused-ring (bicyclic) bond motifs is 1. The molecule has 2 aliphatic heterocycles. The Labute approximate surface area is 248 Å². The van der Waals surface area contributed by atoms with Crippen molar-refractivity contribution >= 4 is 35.3 Å². The molecule has 3 aliphatic rings. The summed E-state index contributed by atoms with van der Waals surface area (Å²) in [5.74, 6) is -0.662. The van der Waals surface area contributed by atoms with Gasteiger partial charge in [0, 0.05) is 44.0 Å². The van der Waals surface area contributed by atoms with Gasteiger partial charge in [-0.1, -0.05) is 37.1 Å². The lowest BCUT2D eigenvalue weighted by atomic mass is 9.93. The van der Waals surface area contributed by atoms with E-state index < -0.39 is 11.7 Å². The monoisotopic (exact) mass is 604 g/mol. The van der Waals surface area contributed by atoms with E-state index >= 15 is 0 Å². The van der Waals surface area contributed by atoms with E-state index in [4.69, 9.17) is 0 Å². The van der Waals surface area contributed by atoms with Gasteiger partial charge in [0.2, 0.25) is 5.91 Å². The van der Waals surface area contributed by atoms with Crippen LogP contribution in [-0.4, -0.2) is 78.7 Å². The van der Waals surface area contributed by atoms with Crippen molar-refractivity contribution in [2.75, 3.05) is 50.7 Å². The van der Waals surface area contributed by atoms with Gasteiger partial charge in [0.05, 0.1) is 16.2 Å². The highest BCUT2D eigenvalue weighted by atomic mass is 32.2. The van der Waals surface area contributed by atoms with Crippen molar-refractivity contribution in [3.05, 3.63) is 70.4 Å². The van der Waals surface area contributed by atoms with Gasteiger partial charge in [-0.05, 0) is 61.7 Å². The second-order valence-corrected chi connectivity index (χ2v) is 12.3. The number of alkyl halides is 3. The standard InChI is InChI=1S/C31H36F4N4O2S/c32-24-6-1-2-7-25(24)38-18-16-37(17-19-38)15-5-14-36-29(40)21-39-26-8-3-4-9-27(26)42-28(30(39)41)20-22-10-12-23(13-11-22)31(33,34)35/h1-2,6-7,10-13,20,26-27H,3-5,8-9,14-19,21H2,(H,36,40)/b28-20-. The number of para-hydroxylation sites is 1. The topological polar surface area (TPSA) is 55.9 Å². The zero-order valence-corrected chi connectivity index (χ0v) is 24.2. The predicted octanol–water partition coefficient (Wildman–Crippen LogP) is 5.40. The number of thioether (sulfide) groups is 1. The molecule has 2 saturated heterocycles. The Morgan fingerprint density at radius 3 is 2.43 bits per heavy atom. The smallest absolute Gasteiger partial charge is 0.367 e. The van der Waals surface area contributed by atoms with Crippen LogP contribution >= 0.6 is 11.8 Å². The van der Waals surface area contributed by atoms with Crippen molar-refractivity contribution in [2.45, 2.75) is 49.6 Å². The number of benzene rings is 2. The molecule has 11 heteroatoms. The Balaban J connectivity index is 1.12. The minimum atomic E-state index is -4.42. The van der Waals surface area contributed by atoms with Gasteiger partial charge in [0.15, 0.2) is 0 Å². The SMILES string of the molecule is O=C(CN1C(=O)/C(=C/c2ccc(C(F)(F)F)cc2)SC2CCCCC21)NCCCN1CCN(c2ccccc2F)CC1. The Hall–Kier alpha value is -3.05. The highest BCUT2D eigenvalue weighted by Gasteiger charge is 2.41. The highest BCUT2D eigenvalue weighted by molar-refractivity contribution is 8.04. The molecule has 226 valence electrons. The highest BCUT2D eigenvalue weighted by Crippen LogP contribution is 2.42. The molecule has 5 rings (SSSR count). The van der Waals surface area contributed by atoms with Crippen molar-refractivity contribution in [2.24, 2.45) is 0 Å². The molecule has 0 bridgehead atoms. The first-order chi connectivity index (χ1) is 20.2. The Morgan fingerprint density at radius 2 is 1.71 bits per heavy atom. The molecule has 2 aromatic rings. The number of nitrogens with zero attached hydrogens (tertiary/aromatic N) is 3. The maximum absolute atomic E-state index is 14.1. The van der Waals surface area contributed by atoms with Crippen LogP contribution in [-0.2, 0) is 15.8 Å². The second kappa shape index (κ2) is 13.5. The third kappa shape index (κ3) is 7.47. The zero-order valence-electron chi connectivity index (χ0n) is 23.4. The summed E-state index contributed by atoms with van der Waals surface area (Å²) in [6, 6.07) is 11.5. The average Bonchev–Trinajstić information content (AvgIpc) is 2.98. The molecule has 0 radical (unpaired) electrons. The summed E-state index contributed by atoms with van der Waals surface area (Å²) in [4.78, 5) is 32.9. The fraction of sp³-hybridized carbons (Fsp3) is 0.484. The van der Waals surface area contributed by atoms with Crippen LogP contribution in [0, 0.1) is 5.82 Å². The lowest BCUT2D eigenvalue weighted by molar-refractivity contribution is -0.137. The summed E-state index contributed by atoms with van der Waals surface area (Å²) in [6.45, 7) is 4.40. The van der Waals surface area contributed by atoms with Crippen molar-refractivity contribution in [3.8, 4) is 0 Å². The number of piperazine rings is 1. The van der Waals surface area contributed by atoms with E-state index in [0.717, 1.165) is 77.0 Å². The Morgan fingerprint density at radius 1 is 1.00 bits per heavy atom. The minimum Gasteiger partial charge on any atom is -0.367 e. The largest absolute Gasteiger partial charge is 0.416 e. The molecule has 0 aromatic heterocycles. The number of halogens is 4. The third-order valence-electron chi connectivity index (χ3n) is 8.21. The summed E-state index contributed by atoms with van der Waals surface area (Å²) in [5, 5.41) is 3.12. The maximum Gasteiger partial charge on any atom is 0.416 e. The molecule has 42 heavy (non-hydrogen) atoms. The van der Waals surface area contributed by atoms with Gasteiger partial charge in [0.1, 0.15) is 12.4 Å². The molecule has 1 saturated carbocycles. The summed E-state index contributed by atoms with van der Waals surface area (Å²) in [7, 11) is 0. The predicted molar refractivity (Wildman–Crippen MR) is 157 cm³/mol. The third-order valence-corrected chi connectivity index (χ3v) is 9.61. The van der Waals surface area contributed by atoms with E-state index in [1.54, 1.807) is 23.1 Å². The molecule has 2 amide bonds. The number of anilines is 1. The molecule has 2 atom stereocenters. The van der Waals surface area contributed by atoms with Gasteiger partial charge >= 0.3 is 6.18 Å². The number of rotatable bonds is 8. The van der Waals surface area contributed by atoms with Crippen molar-refractivity contribution < 1.29 is 27.2 Å². The lowest BCUT2D eigenvalue weighted by Gasteiger charge is -2.43. The molecule has 1 N–H and O–H groups in total. The van der Waals surface area contributed by atoms with Crippen LogP contribution in [0.3, 0.4) is 0 Å².